The first-order valence-corrected chi connectivity index (χ1v) is 7.75. The second kappa shape index (κ2) is 6.01. The van der Waals surface area contributed by atoms with Crippen LogP contribution in [0.2, 0.25) is 10.0 Å². The van der Waals surface area contributed by atoms with Crippen molar-refractivity contribution in [2.75, 3.05) is 17.2 Å². The second-order valence-electron chi connectivity index (χ2n) is 4.26. The summed E-state index contributed by atoms with van der Waals surface area (Å²) >= 11 is 13.5. The third-order valence-corrected chi connectivity index (χ3v) is 3.95. The first kappa shape index (κ1) is 14.3. The number of hydrogen-bond acceptors (Lipinski definition) is 5. The normalized spacial score (nSPS) is 12.0. The van der Waals surface area contributed by atoms with E-state index < -0.39 is 0 Å². The molecule has 0 saturated heterocycles. The van der Waals surface area contributed by atoms with Gasteiger partial charge in [0.05, 0.1) is 27.1 Å². The fourth-order valence-electron chi connectivity index (χ4n) is 1.92. The summed E-state index contributed by atoms with van der Waals surface area (Å²) in [4.78, 5) is 4.23. The average molecular weight is 340 g/mol. The summed E-state index contributed by atoms with van der Waals surface area (Å²) in [6.07, 6.45) is 1.72. The van der Waals surface area contributed by atoms with Crippen LogP contribution in [0.3, 0.4) is 0 Å². The van der Waals surface area contributed by atoms with Crippen LogP contribution in [0.5, 0.6) is 0 Å². The Hall–Kier alpha value is -1.63. The van der Waals surface area contributed by atoms with E-state index in [-0.39, 0.29) is 0 Å². The monoisotopic (exact) mass is 339 g/mol. The summed E-state index contributed by atoms with van der Waals surface area (Å²) in [6.45, 7) is 2.82. The molecule has 0 bridgehead atoms. The molecule has 0 aliphatic carbocycles. The molecule has 0 atom stereocenters. The minimum absolute atomic E-state index is 0.498. The van der Waals surface area contributed by atoms with E-state index in [0.29, 0.717) is 27.1 Å². The van der Waals surface area contributed by atoms with Gasteiger partial charge in [-0.05, 0) is 19.1 Å². The molecule has 1 aliphatic rings. The first-order chi connectivity index (χ1) is 10.2. The summed E-state index contributed by atoms with van der Waals surface area (Å²) in [6, 6.07) is 5.43. The molecule has 0 radical (unpaired) electrons. The van der Waals surface area contributed by atoms with Gasteiger partial charge in [-0.1, -0.05) is 23.2 Å². The Kier molecular flexibility index (Phi) is 4.10. The number of benzene rings is 1. The van der Waals surface area contributed by atoms with E-state index in [9.17, 15) is 0 Å². The quantitative estimate of drug-likeness (QED) is 0.678. The smallest absolute Gasteiger partial charge is 0.131 e. The predicted molar refractivity (Wildman–Crippen MR) is 89.7 cm³/mol. The summed E-state index contributed by atoms with van der Waals surface area (Å²) < 4.78 is 8.45. The fraction of sp³-hybridized carbons (Fsp3) is 0.154. The highest BCUT2D eigenvalue weighted by Crippen LogP contribution is 2.48. The van der Waals surface area contributed by atoms with Crippen LogP contribution in [-0.2, 0) is 11.4 Å². The largest absolute Gasteiger partial charge is 0.370 e. The average Bonchev–Trinajstić information content (AvgIpc) is 2.94. The number of aromatic nitrogens is 1. The van der Waals surface area contributed by atoms with Crippen molar-refractivity contribution in [1.82, 2.24) is 4.98 Å². The molecule has 0 fully saturated rings. The molecule has 1 aromatic heterocycles. The van der Waals surface area contributed by atoms with E-state index in [2.05, 4.69) is 24.3 Å². The van der Waals surface area contributed by atoms with Crippen molar-refractivity contribution in [3.8, 4) is 0 Å². The lowest BCUT2D eigenvalue weighted by atomic mass is 10.2. The zero-order chi connectivity index (χ0) is 14.8. The van der Waals surface area contributed by atoms with Crippen LogP contribution in [0.1, 0.15) is 6.92 Å². The van der Waals surface area contributed by atoms with E-state index in [1.165, 1.54) is 0 Å². The van der Waals surface area contributed by atoms with Gasteiger partial charge in [0.2, 0.25) is 0 Å². The molecule has 3 rings (SSSR count). The van der Waals surface area contributed by atoms with Crippen molar-refractivity contribution in [3.05, 3.63) is 34.4 Å². The first-order valence-electron chi connectivity index (χ1n) is 6.26. The number of nitrogens with one attached hydrogen (secondary N) is 2. The molecule has 2 N–H and O–H groups in total. The Morgan fingerprint density at radius 2 is 1.95 bits per heavy atom. The summed E-state index contributed by atoms with van der Waals surface area (Å²) in [5.74, 6) is 0.792. The second-order valence-corrected chi connectivity index (χ2v) is 5.60. The molecule has 1 aliphatic heterocycles. The van der Waals surface area contributed by atoms with Crippen LogP contribution in [0.25, 0.3) is 0 Å². The van der Waals surface area contributed by atoms with Crippen molar-refractivity contribution < 1.29 is 0 Å². The van der Waals surface area contributed by atoms with Crippen molar-refractivity contribution in [3.63, 3.8) is 0 Å². The summed E-state index contributed by atoms with van der Waals surface area (Å²) in [7, 11) is 0. The van der Waals surface area contributed by atoms with Crippen LogP contribution in [-0.4, -0.2) is 11.5 Å². The molecule has 0 spiro atoms. The topological polar surface area (TPSA) is 61.7 Å². The summed E-state index contributed by atoms with van der Waals surface area (Å²) in [5.41, 5.74) is 2.87. The highest BCUT2D eigenvalue weighted by atomic mass is 35.5. The number of anilines is 3. The van der Waals surface area contributed by atoms with Gasteiger partial charge in [0, 0.05) is 24.5 Å². The lowest BCUT2D eigenvalue weighted by Crippen LogP contribution is -2.00. The molecule has 2 aromatic rings. The zero-order valence-corrected chi connectivity index (χ0v) is 13.4. The molecule has 0 amide bonds. The minimum Gasteiger partial charge on any atom is -0.370 e. The molecule has 21 heavy (non-hydrogen) atoms. The van der Waals surface area contributed by atoms with E-state index in [0.717, 1.165) is 29.4 Å². The SMILES string of the molecule is CCNc1cc(Nc2c(Cl)cc(Cl)c3c2N=S=N3)ccn1. The summed E-state index contributed by atoms with van der Waals surface area (Å²) in [5, 5.41) is 7.42. The van der Waals surface area contributed by atoms with Crippen LogP contribution >= 0.6 is 23.2 Å². The van der Waals surface area contributed by atoms with E-state index in [1.807, 2.05) is 19.1 Å². The predicted octanol–water partition coefficient (Wildman–Crippen LogP) is 5.29. The minimum atomic E-state index is 0.498. The Balaban J connectivity index is 1.98. The van der Waals surface area contributed by atoms with Gasteiger partial charge in [0.25, 0.3) is 0 Å². The highest BCUT2D eigenvalue weighted by Gasteiger charge is 2.18. The maximum absolute atomic E-state index is 6.27. The molecular weight excluding hydrogens is 329 g/mol. The Bertz CT molecular complexity index is 771. The van der Waals surface area contributed by atoms with Crippen LogP contribution in [0, 0.1) is 0 Å². The Labute approximate surface area is 135 Å². The van der Waals surface area contributed by atoms with Crippen LogP contribution in [0.4, 0.5) is 28.6 Å². The maximum atomic E-state index is 6.27. The van der Waals surface area contributed by atoms with Gasteiger partial charge < -0.3 is 10.6 Å². The number of nitrogens with zero attached hydrogens (tertiary/aromatic N) is 3. The van der Waals surface area contributed by atoms with Gasteiger partial charge in [0.1, 0.15) is 17.2 Å². The van der Waals surface area contributed by atoms with Crippen molar-refractivity contribution >= 4 is 63.1 Å². The zero-order valence-electron chi connectivity index (χ0n) is 11.0. The number of halogens is 2. The van der Waals surface area contributed by atoms with Gasteiger partial charge >= 0.3 is 0 Å². The third-order valence-electron chi connectivity index (χ3n) is 2.83. The van der Waals surface area contributed by atoms with Gasteiger partial charge in [-0.3, -0.25) is 0 Å². The van der Waals surface area contributed by atoms with E-state index in [4.69, 9.17) is 23.2 Å². The Morgan fingerprint density at radius 3 is 2.76 bits per heavy atom. The molecule has 108 valence electrons. The lowest BCUT2D eigenvalue weighted by Gasteiger charge is -2.13. The standard InChI is InChI=1S/C13H11Cl2N5S/c1-2-16-10-5-7(3-4-17-10)18-11-8(14)6-9(15)12-13(11)20-21-19-12/h3-6H,2H2,1H3,(H2,16,17,18). The van der Waals surface area contributed by atoms with Crippen LogP contribution in [0.15, 0.2) is 33.1 Å². The van der Waals surface area contributed by atoms with Crippen molar-refractivity contribution in [1.29, 1.82) is 0 Å². The highest BCUT2D eigenvalue weighted by molar-refractivity contribution is 7.58. The molecule has 2 heterocycles. The van der Waals surface area contributed by atoms with Crippen molar-refractivity contribution in [2.24, 2.45) is 8.73 Å². The molecule has 8 heteroatoms. The molecule has 0 saturated carbocycles. The van der Waals surface area contributed by atoms with Gasteiger partial charge in [-0.2, -0.15) is 8.73 Å². The van der Waals surface area contributed by atoms with Gasteiger partial charge in [-0.25, -0.2) is 4.98 Å². The number of pyridine rings is 1. The Morgan fingerprint density at radius 1 is 1.14 bits per heavy atom. The molecule has 5 nitrogen and oxygen atoms in total. The van der Waals surface area contributed by atoms with Gasteiger partial charge in [-0.15, -0.1) is 0 Å². The molecule has 1 aromatic carbocycles. The maximum Gasteiger partial charge on any atom is 0.131 e. The number of fused-ring (bicyclic) bond motifs is 1. The number of rotatable bonds is 4. The fourth-order valence-corrected chi connectivity index (χ4v) is 3.08. The van der Waals surface area contributed by atoms with E-state index >= 15 is 0 Å². The molecule has 0 unspecified atom stereocenters. The number of hydrogen-bond donors (Lipinski definition) is 2. The lowest BCUT2D eigenvalue weighted by molar-refractivity contribution is 1.16. The third kappa shape index (κ3) is 2.88. The van der Waals surface area contributed by atoms with E-state index in [1.54, 1.807) is 12.3 Å². The van der Waals surface area contributed by atoms with Crippen molar-refractivity contribution in [2.45, 2.75) is 6.92 Å². The van der Waals surface area contributed by atoms with Gasteiger partial charge in [0.15, 0.2) is 0 Å². The molecular formula is C13H11Cl2N5S. The van der Waals surface area contributed by atoms with Crippen LogP contribution < -0.4 is 10.6 Å².